The third-order valence-corrected chi connectivity index (χ3v) is 4.74. The lowest BCUT2D eigenvalue weighted by atomic mass is 10.1. The minimum atomic E-state index is 0.000109. The summed E-state index contributed by atoms with van der Waals surface area (Å²) >= 11 is 14.1. The molecule has 0 unspecified atom stereocenters. The standard InChI is InChI=1S/C15H15Cl2NS/c1-10(18)11-6-7-15(14(17)8-11)19-9-12-4-2-3-5-13(12)16/h2-8,10H,9,18H2,1H3/t10-/m0/s1. The van der Waals surface area contributed by atoms with Gasteiger partial charge in [-0.1, -0.05) is 47.5 Å². The molecule has 0 saturated heterocycles. The molecule has 0 fully saturated rings. The van der Waals surface area contributed by atoms with Crippen LogP contribution in [0.5, 0.6) is 0 Å². The Labute approximate surface area is 128 Å². The maximum Gasteiger partial charge on any atom is 0.0545 e. The van der Waals surface area contributed by atoms with E-state index in [0.717, 1.165) is 31.8 Å². The van der Waals surface area contributed by atoms with Crippen molar-refractivity contribution in [2.45, 2.75) is 23.6 Å². The molecule has 0 heterocycles. The number of benzene rings is 2. The van der Waals surface area contributed by atoms with Crippen molar-refractivity contribution in [3.63, 3.8) is 0 Å². The summed E-state index contributed by atoms with van der Waals surface area (Å²) in [5.74, 6) is 0.802. The molecule has 0 aliphatic rings. The second kappa shape index (κ2) is 6.67. The van der Waals surface area contributed by atoms with Gasteiger partial charge in [-0.25, -0.2) is 0 Å². The minimum absolute atomic E-state index is 0.000109. The van der Waals surface area contributed by atoms with Gasteiger partial charge in [0.25, 0.3) is 0 Å². The summed E-state index contributed by atoms with van der Waals surface area (Å²) in [7, 11) is 0. The van der Waals surface area contributed by atoms with Gasteiger partial charge in [0.15, 0.2) is 0 Å². The van der Waals surface area contributed by atoms with Gasteiger partial charge in [0.1, 0.15) is 0 Å². The summed E-state index contributed by atoms with van der Waals surface area (Å²) in [6, 6.07) is 13.8. The topological polar surface area (TPSA) is 26.0 Å². The van der Waals surface area contributed by atoms with Crippen LogP contribution in [0.25, 0.3) is 0 Å². The predicted octanol–water partition coefficient (Wildman–Crippen LogP) is 5.31. The average molecular weight is 312 g/mol. The zero-order valence-electron chi connectivity index (χ0n) is 10.6. The predicted molar refractivity (Wildman–Crippen MR) is 85.1 cm³/mol. The van der Waals surface area contributed by atoms with Gasteiger partial charge in [-0.3, -0.25) is 0 Å². The van der Waals surface area contributed by atoms with E-state index in [4.69, 9.17) is 28.9 Å². The Morgan fingerprint density at radius 2 is 1.84 bits per heavy atom. The number of nitrogens with two attached hydrogens (primary N) is 1. The quantitative estimate of drug-likeness (QED) is 0.775. The first kappa shape index (κ1) is 14.7. The second-order valence-corrected chi connectivity index (χ2v) is 6.19. The lowest BCUT2D eigenvalue weighted by molar-refractivity contribution is 0.817. The van der Waals surface area contributed by atoms with Crippen LogP contribution in [0.2, 0.25) is 10.0 Å². The molecule has 0 aromatic heterocycles. The zero-order valence-corrected chi connectivity index (χ0v) is 12.9. The van der Waals surface area contributed by atoms with E-state index in [2.05, 4.69) is 0 Å². The maximum atomic E-state index is 6.27. The molecular formula is C15H15Cl2NS. The minimum Gasteiger partial charge on any atom is -0.324 e. The fourth-order valence-corrected chi connectivity index (χ4v) is 3.25. The highest BCUT2D eigenvalue weighted by molar-refractivity contribution is 7.98. The molecule has 0 bridgehead atoms. The largest absolute Gasteiger partial charge is 0.324 e. The van der Waals surface area contributed by atoms with Gasteiger partial charge < -0.3 is 5.73 Å². The van der Waals surface area contributed by atoms with Gasteiger partial charge in [0.05, 0.1) is 5.02 Å². The molecule has 0 saturated carbocycles. The molecule has 0 spiro atoms. The van der Waals surface area contributed by atoms with Crippen LogP contribution in [0.15, 0.2) is 47.4 Å². The third-order valence-electron chi connectivity index (χ3n) is 2.82. The van der Waals surface area contributed by atoms with Crippen molar-refractivity contribution < 1.29 is 0 Å². The Morgan fingerprint density at radius 1 is 1.11 bits per heavy atom. The Hall–Kier alpha value is -0.670. The van der Waals surface area contributed by atoms with E-state index < -0.39 is 0 Å². The van der Waals surface area contributed by atoms with Crippen LogP contribution in [0, 0.1) is 0 Å². The van der Waals surface area contributed by atoms with Crippen LogP contribution in [-0.4, -0.2) is 0 Å². The lowest BCUT2D eigenvalue weighted by Gasteiger charge is -2.10. The Bertz CT molecular complexity index is 570. The number of halogens is 2. The van der Waals surface area contributed by atoms with E-state index in [0.29, 0.717) is 0 Å². The Kier molecular flexibility index (Phi) is 5.17. The van der Waals surface area contributed by atoms with E-state index in [1.54, 1.807) is 11.8 Å². The monoisotopic (exact) mass is 311 g/mol. The molecular weight excluding hydrogens is 297 g/mol. The molecule has 4 heteroatoms. The molecule has 1 atom stereocenters. The molecule has 19 heavy (non-hydrogen) atoms. The number of hydrogen-bond acceptors (Lipinski definition) is 2. The molecule has 2 aromatic carbocycles. The normalized spacial score (nSPS) is 12.4. The molecule has 1 nitrogen and oxygen atoms in total. The van der Waals surface area contributed by atoms with E-state index in [9.17, 15) is 0 Å². The molecule has 0 amide bonds. The molecule has 2 rings (SSSR count). The molecule has 2 aromatic rings. The molecule has 2 N–H and O–H groups in total. The van der Waals surface area contributed by atoms with Gasteiger partial charge >= 0.3 is 0 Å². The maximum absolute atomic E-state index is 6.27. The average Bonchev–Trinajstić information content (AvgIpc) is 2.39. The van der Waals surface area contributed by atoms with Crippen molar-refractivity contribution in [3.05, 3.63) is 63.6 Å². The van der Waals surface area contributed by atoms with Gasteiger partial charge in [-0.15, -0.1) is 11.8 Å². The third kappa shape index (κ3) is 3.90. The summed E-state index contributed by atoms with van der Waals surface area (Å²) < 4.78 is 0. The van der Waals surface area contributed by atoms with Crippen molar-refractivity contribution in [2.24, 2.45) is 5.73 Å². The highest BCUT2D eigenvalue weighted by Gasteiger charge is 2.07. The van der Waals surface area contributed by atoms with Gasteiger partial charge in [0, 0.05) is 21.7 Å². The van der Waals surface area contributed by atoms with E-state index in [1.165, 1.54) is 0 Å². The van der Waals surface area contributed by atoms with Crippen LogP contribution >= 0.6 is 35.0 Å². The second-order valence-electron chi connectivity index (χ2n) is 4.36. The Morgan fingerprint density at radius 3 is 2.47 bits per heavy atom. The van der Waals surface area contributed by atoms with E-state index in [-0.39, 0.29) is 6.04 Å². The Balaban J connectivity index is 2.10. The van der Waals surface area contributed by atoms with Crippen LogP contribution in [-0.2, 0) is 5.75 Å². The summed E-state index contributed by atoms with van der Waals surface area (Å²) in [5.41, 5.74) is 8.00. The number of thioether (sulfide) groups is 1. The van der Waals surface area contributed by atoms with Crippen LogP contribution in [0.4, 0.5) is 0 Å². The first-order valence-electron chi connectivity index (χ1n) is 5.99. The summed E-state index contributed by atoms with van der Waals surface area (Å²) in [4.78, 5) is 1.05. The first-order valence-corrected chi connectivity index (χ1v) is 7.73. The highest BCUT2D eigenvalue weighted by atomic mass is 35.5. The van der Waals surface area contributed by atoms with Crippen LogP contribution < -0.4 is 5.73 Å². The highest BCUT2D eigenvalue weighted by Crippen LogP contribution is 2.33. The fourth-order valence-electron chi connectivity index (χ4n) is 1.69. The number of rotatable bonds is 4. The van der Waals surface area contributed by atoms with Crippen LogP contribution in [0.3, 0.4) is 0 Å². The van der Waals surface area contributed by atoms with Crippen molar-refractivity contribution >= 4 is 35.0 Å². The smallest absolute Gasteiger partial charge is 0.0545 e. The van der Waals surface area contributed by atoms with Crippen molar-refractivity contribution in [2.75, 3.05) is 0 Å². The first-order chi connectivity index (χ1) is 9.08. The number of hydrogen-bond donors (Lipinski definition) is 1. The summed E-state index contributed by atoms with van der Waals surface area (Å²) in [6.07, 6.45) is 0. The molecule has 0 aliphatic heterocycles. The summed E-state index contributed by atoms with van der Waals surface area (Å²) in [6.45, 7) is 1.95. The fraction of sp³-hybridized carbons (Fsp3) is 0.200. The van der Waals surface area contributed by atoms with Crippen LogP contribution in [0.1, 0.15) is 24.1 Å². The molecule has 0 radical (unpaired) electrons. The van der Waals surface area contributed by atoms with E-state index >= 15 is 0 Å². The zero-order chi connectivity index (χ0) is 13.8. The van der Waals surface area contributed by atoms with Gasteiger partial charge in [-0.05, 0) is 36.2 Å². The molecule has 100 valence electrons. The molecule has 0 aliphatic carbocycles. The lowest BCUT2D eigenvalue weighted by Crippen LogP contribution is -2.04. The SMILES string of the molecule is C[C@H](N)c1ccc(SCc2ccccc2Cl)c(Cl)c1. The van der Waals surface area contributed by atoms with Gasteiger partial charge in [0.2, 0.25) is 0 Å². The van der Waals surface area contributed by atoms with Crippen molar-refractivity contribution in [1.29, 1.82) is 0 Å². The summed E-state index contributed by atoms with van der Waals surface area (Å²) in [5, 5.41) is 1.53. The van der Waals surface area contributed by atoms with E-state index in [1.807, 2.05) is 49.4 Å². The van der Waals surface area contributed by atoms with Gasteiger partial charge in [-0.2, -0.15) is 0 Å². The van der Waals surface area contributed by atoms with Crippen molar-refractivity contribution in [1.82, 2.24) is 0 Å². The van der Waals surface area contributed by atoms with Crippen molar-refractivity contribution in [3.8, 4) is 0 Å².